The topological polar surface area (TPSA) is 124 Å². The summed E-state index contributed by atoms with van der Waals surface area (Å²) in [5.41, 5.74) is 4.26. The van der Waals surface area contributed by atoms with Crippen molar-refractivity contribution in [3.05, 3.63) is 69.8 Å². The van der Waals surface area contributed by atoms with Gasteiger partial charge in [-0.3, -0.25) is 0 Å². The maximum atomic E-state index is 12.2. The average Bonchev–Trinajstić information content (AvgIpc) is 2.98. The highest BCUT2D eigenvalue weighted by Gasteiger charge is 2.41. The Labute approximate surface area is 264 Å². The fourth-order valence-corrected chi connectivity index (χ4v) is 6.92. The molecule has 0 bridgehead atoms. The monoisotopic (exact) mass is 624 g/mol. The van der Waals surface area contributed by atoms with Gasteiger partial charge in [0.25, 0.3) is 0 Å². The Morgan fingerprint density at radius 3 is 1.13 bits per heavy atom. The van der Waals surface area contributed by atoms with Gasteiger partial charge in [0.15, 0.2) is 0 Å². The Kier molecular flexibility index (Phi) is 11.1. The van der Waals surface area contributed by atoms with Crippen molar-refractivity contribution in [1.82, 2.24) is 0 Å². The second kappa shape index (κ2) is 14.8. The van der Waals surface area contributed by atoms with Gasteiger partial charge in [-0.25, -0.2) is 29.1 Å². The van der Waals surface area contributed by atoms with Gasteiger partial charge in [-0.1, -0.05) is 48.2 Å². The SMILES string of the molecule is Cc1cc(C)cc(C(=O)OOC(=O)OC2CCC(C(C)(C)C3CCC(OC(=O)OOC(=O)c4cc(C)cc(C)c4)CC3)CC2)c1. The van der Waals surface area contributed by atoms with Crippen LogP contribution in [0.4, 0.5) is 9.59 Å². The lowest BCUT2D eigenvalue weighted by atomic mass is 9.60. The molecule has 2 aromatic rings. The summed E-state index contributed by atoms with van der Waals surface area (Å²) >= 11 is 0. The number of rotatable bonds is 6. The normalized spacial score (nSPS) is 21.6. The van der Waals surface area contributed by atoms with Crippen molar-refractivity contribution < 1.29 is 48.2 Å². The maximum absolute atomic E-state index is 12.2. The van der Waals surface area contributed by atoms with Crippen molar-refractivity contribution >= 4 is 24.2 Å². The minimum absolute atomic E-state index is 0.0416. The van der Waals surface area contributed by atoms with Gasteiger partial charge in [0.2, 0.25) is 0 Å². The molecule has 45 heavy (non-hydrogen) atoms. The zero-order valence-corrected chi connectivity index (χ0v) is 27.0. The van der Waals surface area contributed by atoms with Crippen molar-refractivity contribution in [2.75, 3.05) is 0 Å². The summed E-state index contributed by atoms with van der Waals surface area (Å²) in [5, 5.41) is 0. The van der Waals surface area contributed by atoms with Crippen LogP contribution in [0.1, 0.15) is 108 Å². The quantitative estimate of drug-likeness (QED) is 0.176. The summed E-state index contributed by atoms with van der Waals surface area (Å²) in [6.45, 7) is 12.0. The molecule has 0 atom stereocenters. The van der Waals surface area contributed by atoms with Crippen molar-refractivity contribution in [2.24, 2.45) is 17.3 Å². The predicted octanol–water partition coefficient (Wildman–Crippen LogP) is 8.21. The zero-order chi connectivity index (χ0) is 32.7. The highest BCUT2D eigenvalue weighted by Crippen LogP contribution is 2.49. The molecule has 0 aliphatic heterocycles. The first-order chi connectivity index (χ1) is 21.3. The molecule has 0 aromatic heterocycles. The number of hydrogen-bond donors (Lipinski definition) is 0. The molecule has 2 fully saturated rings. The molecule has 0 saturated heterocycles. The smallest absolute Gasteiger partial charge is 0.428 e. The van der Waals surface area contributed by atoms with E-state index in [1.807, 2.05) is 39.8 Å². The van der Waals surface area contributed by atoms with Crippen LogP contribution in [0.5, 0.6) is 0 Å². The summed E-state index contributed by atoms with van der Waals surface area (Å²) in [6.07, 6.45) is 3.69. The molecule has 0 heterocycles. The van der Waals surface area contributed by atoms with E-state index in [1.165, 1.54) is 0 Å². The van der Waals surface area contributed by atoms with E-state index in [1.54, 1.807) is 24.3 Å². The molecule has 0 N–H and O–H groups in total. The van der Waals surface area contributed by atoms with Gasteiger partial charge in [0.05, 0.1) is 11.1 Å². The second-order valence-electron chi connectivity index (χ2n) is 13.2. The van der Waals surface area contributed by atoms with Gasteiger partial charge >= 0.3 is 24.2 Å². The molecule has 2 aliphatic rings. The van der Waals surface area contributed by atoms with E-state index in [9.17, 15) is 19.2 Å². The summed E-state index contributed by atoms with van der Waals surface area (Å²) in [6, 6.07) is 10.5. The molecule has 0 amide bonds. The van der Waals surface area contributed by atoms with Crippen LogP contribution in [0.3, 0.4) is 0 Å². The first-order valence-electron chi connectivity index (χ1n) is 15.7. The van der Waals surface area contributed by atoms with Gasteiger partial charge in [-0.2, -0.15) is 9.59 Å². The Morgan fingerprint density at radius 2 is 0.822 bits per heavy atom. The molecular weight excluding hydrogens is 580 g/mol. The summed E-state index contributed by atoms with van der Waals surface area (Å²) in [7, 11) is 0. The lowest BCUT2D eigenvalue weighted by Crippen LogP contribution is -2.39. The molecule has 10 nitrogen and oxygen atoms in total. The minimum Gasteiger partial charge on any atom is -0.428 e. The van der Waals surface area contributed by atoms with Gasteiger partial charge in [-0.05, 0) is 121 Å². The molecule has 0 unspecified atom stereocenters. The molecule has 2 saturated carbocycles. The maximum Gasteiger partial charge on any atom is 0.550 e. The van der Waals surface area contributed by atoms with E-state index >= 15 is 0 Å². The number of hydrogen-bond acceptors (Lipinski definition) is 10. The lowest BCUT2D eigenvalue weighted by Gasteiger charge is -2.46. The molecule has 2 aromatic carbocycles. The highest BCUT2D eigenvalue weighted by molar-refractivity contribution is 5.90. The van der Waals surface area contributed by atoms with Crippen LogP contribution < -0.4 is 0 Å². The number of aryl methyl sites for hydroxylation is 4. The van der Waals surface area contributed by atoms with Crippen LogP contribution in [-0.2, 0) is 29.0 Å². The van der Waals surface area contributed by atoms with Gasteiger partial charge in [0, 0.05) is 0 Å². The third-order valence-electron chi connectivity index (χ3n) is 9.26. The number of carbonyl (C=O) groups excluding carboxylic acids is 4. The Bertz CT molecular complexity index is 1240. The standard InChI is InChI=1S/C35H44O10/c1-21-15-22(2)18-25(17-21)31(36)42-44-33(38)40-29-11-7-27(8-12-29)35(5,6)28-9-13-30(14-10-28)41-34(39)45-43-32(37)26-19-23(3)16-24(4)20-26/h15-20,27-30H,7-14H2,1-6H3. The van der Waals surface area contributed by atoms with Crippen LogP contribution >= 0.6 is 0 Å². The highest BCUT2D eigenvalue weighted by atomic mass is 17.2. The van der Waals surface area contributed by atoms with Gasteiger partial charge < -0.3 is 9.47 Å². The molecule has 2 aliphatic carbocycles. The van der Waals surface area contributed by atoms with Crippen molar-refractivity contribution in [2.45, 2.75) is 105 Å². The third kappa shape index (κ3) is 9.45. The Hall–Kier alpha value is -4.08. The summed E-state index contributed by atoms with van der Waals surface area (Å²) in [4.78, 5) is 67.5. The molecular formula is C35H44O10. The average molecular weight is 625 g/mol. The fraction of sp³-hybridized carbons (Fsp3) is 0.543. The van der Waals surface area contributed by atoms with E-state index in [0.717, 1.165) is 47.9 Å². The molecule has 0 radical (unpaired) electrons. The lowest BCUT2D eigenvalue weighted by molar-refractivity contribution is -0.209. The zero-order valence-electron chi connectivity index (χ0n) is 27.0. The van der Waals surface area contributed by atoms with Crippen LogP contribution in [-0.4, -0.2) is 36.5 Å². The number of ether oxygens (including phenoxy) is 2. The number of benzene rings is 2. The molecule has 0 spiro atoms. The van der Waals surface area contributed by atoms with E-state index < -0.39 is 24.2 Å². The van der Waals surface area contributed by atoms with Crippen LogP contribution in [0, 0.1) is 44.9 Å². The Morgan fingerprint density at radius 1 is 0.511 bits per heavy atom. The van der Waals surface area contributed by atoms with E-state index in [4.69, 9.17) is 19.2 Å². The minimum atomic E-state index is -1.02. The first-order valence-corrected chi connectivity index (χ1v) is 15.7. The fourth-order valence-electron chi connectivity index (χ4n) is 6.92. The summed E-state index contributed by atoms with van der Waals surface area (Å²) in [5.74, 6) is -0.628. The predicted molar refractivity (Wildman–Crippen MR) is 163 cm³/mol. The summed E-state index contributed by atoms with van der Waals surface area (Å²) < 4.78 is 10.8. The van der Waals surface area contributed by atoms with E-state index in [2.05, 4.69) is 23.6 Å². The van der Waals surface area contributed by atoms with Gasteiger partial charge in [-0.15, -0.1) is 0 Å². The third-order valence-corrected chi connectivity index (χ3v) is 9.26. The molecule has 10 heteroatoms. The van der Waals surface area contributed by atoms with Crippen LogP contribution in [0.15, 0.2) is 36.4 Å². The Balaban J connectivity index is 1.14. The van der Waals surface area contributed by atoms with Crippen LogP contribution in [0.2, 0.25) is 0 Å². The van der Waals surface area contributed by atoms with Gasteiger partial charge in [0.1, 0.15) is 12.2 Å². The second-order valence-corrected chi connectivity index (χ2v) is 13.2. The van der Waals surface area contributed by atoms with Crippen molar-refractivity contribution in [1.29, 1.82) is 0 Å². The van der Waals surface area contributed by atoms with E-state index in [0.29, 0.717) is 48.6 Å². The van der Waals surface area contributed by atoms with Crippen molar-refractivity contribution in [3.63, 3.8) is 0 Å². The number of carbonyl (C=O) groups is 4. The van der Waals surface area contributed by atoms with Crippen LogP contribution in [0.25, 0.3) is 0 Å². The van der Waals surface area contributed by atoms with Crippen molar-refractivity contribution in [3.8, 4) is 0 Å². The largest absolute Gasteiger partial charge is 0.550 e. The molecule has 244 valence electrons. The van der Waals surface area contributed by atoms with E-state index in [-0.39, 0.29) is 17.6 Å². The molecule has 4 rings (SSSR count). The first kappa shape index (κ1) is 33.8.